The SMILES string of the molecule is CCCCOC(=O)N1CCCC(CO)C1. The fourth-order valence-corrected chi connectivity index (χ4v) is 1.78. The molecule has 1 N–H and O–H groups in total. The summed E-state index contributed by atoms with van der Waals surface area (Å²) in [4.78, 5) is 13.3. The molecule has 1 atom stereocenters. The molecule has 88 valence electrons. The number of hydrogen-bond donors (Lipinski definition) is 1. The number of rotatable bonds is 4. The van der Waals surface area contributed by atoms with Gasteiger partial charge in [-0.05, 0) is 25.2 Å². The van der Waals surface area contributed by atoms with E-state index in [9.17, 15) is 4.79 Å². The molecule has 1 rings (SSSR count). The van der Waals surface area contributed by atoms with Gasteiger partial charge in [-0.3, -0.25) is 0 Å². The smallest absolute Gasteiger partial charge is 0.409 e. The third kappa shape index (κ3) is 4.08. The van der Waals surface area contributed by atoms with Gasteiger partial charge in [-0.25, -0.2) is 4.79 Å². The predicted molar refractivity (Wildman–Crippen MR) is 57.6 cm³/mol. The van der Waals surface area contributed by atoms with Gasteiger partial charge in [0, 0.05) is 19.7 Å². The lowest BCUT2D eigenvalue weighted by Gasteiger charge is -2.30. The fourth-order valence-electron chi connectivity index (χ4n) is 1.78. The molecule has 1 aliphatic heterocycles. The topological polar surface area (TPSA) is 49.8 Å². The quantitative estimate of drug-likeness (QED) is 0.725. The number of aliphatic hydroxyl groups excluding tert-OH is 1. The molecule has 0 aromatic heterocycles. The summed E-state index contributed by atoms with van der Waals surface area (Å²) in [6.07, 6.45) is 3.71. The number of nitrogens with zero attached hydrogens (tertiary/aromatic N) is 1. The maximum atomic E-state index is 11.6. The summed E-state index contributed by atoms with van der Waals surface area (Å²) >= 11 is 0. The lowest BCUT2D eigenvalue weighted by Crippen LogP contribution is -2.41. The monoisotopic (exact) mass is 215 g/mol. The average molecular weight is 215 g/mol. The Kier molecular flexibility index (Phi) is 5.47. The Balaban J connectivity index is 2.25. The van der Waals surface area contributed by atoms with Crippen molar-refractivity contribution in [3.63, 3.8) is 0 Å². The molecule has 1 amide bonds. The minimum atomic E-state index is -0.221. The Morgan fingerprint density at radius 2 is 2.40 bits per heavy atom. The number of aliphatic hydroxyl groups is 1. The van der Waals surface area contributed by atoms with E-state index in [-0.39, 0.29) is 18.6 Å². The molecule has 0 aromatic carbocycles. The fraction of sp³-hybridized carbons (Fsp3) is 0.909. The van der Waals surface area contributed by atoms with E-state index in [0.717, 1.165) is 32.2 Å². The van der Waals surface area contributed by atoms with Gasteiger partial charge in [-0.1, -0.05) is 13.3 Å². The van der Waals surface area contributed by atoms with E-state index in [2.05, 4.69) is 6.92 Å². The lowest BCUT2D eigenvalue weighted by atomic mass is 10.00. The first kappa shape index (κ1) is 12.3. The Hall–Kier alpha value is -0.770. The number of amides is 1. The van der Waals surface area contributed by atoms with Crippen molar-refractivity contribution in [2.45, 2.75) is 32.6 Å². The van der Waals surface area contributed by atoms with Crippen LogP contribution in [-0.2, 0) is 4.74 Å². The molecule has 1 saturated heterocycles. The number of carbonyl (C=O) groups is 1. The van der Waals surface area contributed by atoms with Crippen molar-refractivity contribution in [3.8, 4) is 0 Å². The van der Waals surface area contributed by atoms with Crippen LogP contribution in [0.5, 0.6) is 0 Å². The first-order valence-corrected chi connectivity index (χ1v) is 5.80. The second kappa shape index (κ2) is 6.67. The molecule has 0 spiro atoms. The molecule has 1 fully saturated rings. The van der Waals surface area contributed by atoms with Crippen LogP contribution in [0.25, 0.3) is 0 Å². The van der Waals surface area contributed by atoms with Gasteiger partial charge in [0.1, 0.15) is 0 Å². The minimum Gasteiger partial charge on any atom is -0.449 e. The summed E-state index contributed by atoms with van der Waals surface area (Å²) in [5.41, 5.74) is 0. The van der Waals surface area contributed by atoms with Gasteiger partial charge < -0.3 is 14.7 Å². The maximum absolute atomic E-state index is 11.6. The van der Waals surface area contributed by atoms with E-state index >= 15 is 0 Å². The molecule has 0 saturated carbocycles. The van der Waals surface area contributed by atoms with E-state index in [1.807, 2.05) is 0 Å². The van der Waals surface area contributed by atoms with Crippen LogP contribution >= 0.6 is 0 Å². The average Bonchev–Trinajstić information content (AvgIpc) is 2.29. The highest BCUT2D eigenvalue weighted by atomic mass is 16.6. The van der Waals surface area contributed by atoms with Crippen LogP contribution in [0, 0.1) is 5.92 Å². The summed E-state index contributed by atoms with van der Waals surface area (Å²) in [6, 6.07) is 0. The maximum Gasteiger partial charge on any atom is 0.409 e. The van der Waals surface area contributed by atoms with Gasteiger partial charge in [0.2, 0.25) is 0 Å². The Morgan fingerprint density at radius 3 is 3.07 bits per heavy atom. The van der Waals surface area contributed by atoms with Crippen LogP contribution in [0.3, 0.4) is 0 Å². The van der Waals surface area contributed by atoms with Crippen molar-refractivity contribution in [2.24, 2.45) is 5.92 Å². The second-order valence-electron chi connectivity index (χ2n) is 4.10. The Bertz CT molecular complexity index is 196. The van der Waals surface area contributed by atoms with Crippen LogP contribution in [0.1, 0.15) is 32.6 Å². The van der Waals surface area contributed by atoms with Crippen molar-refractivity contribution >= 4 is 6.09 Å². The number of carbonyl (C=O) groups excluding carboxylic acids is 1. The van der Waals surface area contributed by atoms with Gasteiger partial charge in [0.05, 0.1) is 6.61 Å². The molecule has 0 aromatic rings. The second-order valence-corrected chi connectivity index (χ2v) is 4.10. The molecule has 0 radical (unpaired) electrons. The largest absolute Gasteiger partial charge is 0.449 e. The van der Waals surface area contributed by atoms with E-state index in [4.69, 9.17) is 9.84 Å². The molecule has 0 bridgehead atoms. The van der Waals surface area contributed by atoms with E-state index in [1.54, 1.807) is 4.90 Å². The van der Waals surface area contributed by atoms with Crippen molar-refractivity contribution < 1.29 is 14.6 Å². The van der Waals surface area contributed by atoms with E-state index in [0.29, 0.717) is 13.2 Å². The summed E-state index contributed by atoms with van der Waals surface area (Å²) in [6.45, 7) is 4.15. The van der Waals surface area contributed by atoms with Crippen molar-refractivity contribution in [1.82, 2.24) is 4.90 Å². The van der Waals surface area contributed by atoms with Crippen LogP contribution in [0.15, 0.2) is 0 Å². The third-order valence-electron chi connectivity index (χ3n) is 2.76. The number of likely N-dealkylation sites (tertiary alicyclic amines) is 1. The molecule has 15 heavy (non-hydrogen) atoms. The molecule has 1 heterocycles. The molecular formula is C11H21NO3. The minimum absolute atomic E-state index is 0.165. The molecule has 4 heteroatoms. The van der Waals surface area contributed by atoms with Crippen molar-refractivity contribution in [3.05, 3.63) is 0 Å². The van der Waals surface area contributed by atoms with Gasteiger partial charge in [-0.2, -0.15) is 0 Å². The molecule has 4 nitrogen and oxygen atoms in total. The normalized spacial score (nSPS) is 21.5. The highest BCUT2D eigenvalue weighted by Gasteiger charge is 2.23. The number of ether oxygens (including phenoxy) is 1. The first-order chi connectivity index (χ1) is 7.27. The zero-order chi connectivity index (χ0) is 11.1. The van der Waals surface area contributed by atoms with Crippen molar-refractivity contribution in [1.29, 1.82) is 0 Å². The van der Waals surface area contributed by atoms with Crippen LogP contribution in [-0.4, -0.2) is 42.4 Å². The van der Waals surface area contributed by atoms with Crippen LogP contribution in [0.2, 0.25) is 0 Å². The standard InChI is InChI=1S/C11H21NO3/c1-2-3-7-15-11(14)12-6-4-5-10(8-12)9-13/h10,13H,2-9H2,1H3. The third-order valence-corrected chi connectivity index (χ3v) is 2.76. The molecule has 1 aliphatic rings. The number of unbranched alkanes of at least 4 members (excludes halogenated alkanes) is 1. The molecular weight excluding hydrogens is 194 g/mol. The lowest BCUT2D eigenvalue weighted by molar-refractivity contribution is 0.0722. The van der Waals surface area contributed by atoms with Crippen LogP contribution < -0.4 is 0 Å². The molecule has 1 unspecified atom stereocenters. The zero-order valence-electron chi connectivity index (χ0n) is 9.45. The summed E-state index contributed by atoms with van der Waals surface area (Å²) in [5, 5.41) is 9.03. The van der Waals surface area contributed by atoms with Crippen LogP contribution in [0.4, 0.5) is 4.79 Å². The number of piperidine rings is 1. The first-order valence-electron chi connectivity index (χ1n) is 5.80. The highest BCUT2D eigenvalue weighted by molar-refractivity contribution is 5.67. The van der Waals surface area contributed by atoms with E-state index in [1.165, 1.54) is 0 Å². The summed E-state index contributed by atoms with van der Waals surface area (Å²) in [5.74, 6) is 0.234. The highest BCUT2D eigenvalue weighted by Crippen LogP contribution is 2.16. The summed E-state index contributed by atoms with van der Waals surface area (Å²) in [7, 11) is 0. The zero-order valence-corrected chi connectivity index (χ0v) is 9.45. The van der Waals surface area contributed by atoms with Crippen molar-refractivity contribution in [2.75, 3.05) is 26.3 Å². The Morgan fingerprint density at radius 1 is 1.60 bits per heavy atom. The Labute approximate surface area is 91.2 Å². The van der Waals surface area contributed by atoms with E-state index < -0.39 is 0 Å². The predicted octanol–water partition coefficient (Wildman–Crippen LogP) is 1.63. The number of hydrogen-bond acceptors (Lipinski definition) is 3. The summed E-state index contributed by atoms with van der Waals surface area (Å²) < 4.78 is 5.12. The van der Waals surface area contributed by atoms with Gasteiger partial charge in [0.15, 0.2) is 0 Å². The molecule has 0 aliphatic carbocycles. The van der Waals surface area contributed by atoms with Gasteiger partial charge in [0.25, 0.3) is 0 Å². The van der Waals surface area contributed by atoms with Gasteiger partial charge in [-0.15, -0.1) is 0 Å². The van der Waals surface area contributed by atoms with Gasteiger partial charge >= 0.3 is 6.09 Å².